The second-order valence-electron chi connectivity index (χ2n) is 7.04. The molecule has 2 heterocycles. The monoisotopic (exact) mass is 341 g/mol. The number of nitrogens with zero attached hydrogens (tertiary/aromatic N) is 2. The highest BCUT2D eigenvalue weighted by atomic mass is 16.5. The van der Waals surface area contributed by atoms with Crippen LogP contribution >= 0.6 is 0 Å². The van der Waals surface area contributed by atoms with Crippen LogP contribution in [-0.2, 0) is 19.4 Å². The molecule has 1 fully saturated rings. The van der Waals surface area contributed by atoms with Crippen molar-refractivity contribution in [2.45, 2.75) is 51.1 Å². The maximum Gasteiger partial charge on any atom is 0.165 e. The Balaban J connectivity index is 1.57. The molecule has 25 heavy (non-hydrogen) atoms. The molecule has 1 aromatic carbocycles. The van der Waals surface area contributed by atoms with Crippen molar-refractivity contribution in [1.82, 2.24) is 14.9 Å². The van der Waals surface area contributed by atoms with Gasteiger partial charge in [-0.25, -0.2) is 4.98 Å². The highest BCUT2D eigenvalue weighted by Gasteiger charge is 2.30. The number of rotatable bonds is 5. The van der Waals surface area contributed by atoms with Gasteiger partial charge in [-0.3, -0.25) is 4.90 Å². The van der Waals surface area contributed by atoms with Gasteiger partial charge in [0, 0.05) is 17.8 Å². The quantitative estimate of drug-likeness (QED) is 0.902. The van der Waals surface area contributed by atoms with E-state index in [9.17, 15) is 0 Å². The van der Waals surface area contributed by atoms with E-state index in [2.05, 4.69) is 16.0 Å². The molecule has 5 nitrogen and oxygen atoms in total. The summed E-state index contributed by atoms with van der Waals surface area (Å²) in [5.41, 5.74) is 3.84. The fourth-order valence-corrected chi connectivity index (χ4v) is 4.26. The molecule has 1 aromatic heterocycles. The van der Waals surface area contributed by atoms with E-state index in [0.717, 1.165) is 43.3 Å². The fourth-order valence-electron chi connectivity index (χ4n) is 4.26. The van der Waals surface area contributed by atoms with Crippen LogP contribution in [0.4, 0.5) is 0 Å². The van der Waals surface area contributed by atoms with Gasteiger partial charge in [0.05, 0.1) is 26.0 Å². The Morgan fingerprint density at radius 2 is 2.04 bits per heavy atom. The molecule has 1 aliphatic carbocycles. The van der Waals surface area contributed by atoms with Gasteiger partial charge >= 0.3 is 0 Å². The Morgan fingerprint density at radius 1 is 1.16 bits per heavy atom. The second kappa shape index (κ2) is 7.08. The van der Waals surface area contributed by atoms with E-state index in [1.807, 2.05) is 12.1 Å². The molecule has 1 atom stereocenters. The van der Waals surface area contributed by atoms with E-state index in [1.165, 1.54) is 42.6 Å². The average molecular weight is 341 g/mol. The SMILES string of the molecule is COc1cccc(CN2CCC[C@@H]2c2nc3c([nH]2)CCCC3)c1OC. The van der Waals surface area contributed by atoms with Crippen molar-refractivity contribution in [2.75, 3.05) is 20.8 Å². The highest BCUT2D eigenvalue weighted by Crippen LogP contribution is 2.37. The summed E-state index contributed by atoms with van der Waals surface area (Å²) in [6, 6.07) is 6.49. The number of aryl methyl sites for hydroxylation is 2. The smallest absolute Gasteiger partial charge is 0.165 e. The normalized spacial score (nSPS) is 20.5. The molecule has 0 saturated carbocycles. The molecule has 0 amide bonds. The summed E-state index contributed by atoms with van der Waals surface area (Å²) in [6.07, 6.45) is 7.21. The van der Waals surface area contributed by atoms with Crippen molar-refractivity contribution < 1.29 is 9.47 Å². The number of nitrogens with one attached hydrogen (secondary N) is 1. The van der Waals surface area contributed by atoms with Crippen LogP contribution < -0.4 is 9.47 Å². The van der Waals surface area contributed by atoms with E-state index in [0.29, 0.717) is 6.04 Å². The van der Waals surface area contributed by atoms with Crippen molar-refractivity contribution >= 4 is 0 Å². The molecule has 1 saturated heterocycles. The zero-order valence-electron chi connectivity index (χ0n) is 15.2. The number of likely N-dealkylation sites (tertiary alicyclic amines) is 1. The molecular weight excluding hydrogens is 314 g/mol. The van der Waals surface area contributed by atoms with Crippen molar-refractivity contribution in [3.63, 3.8) is 0 Å². The molecular formula is C20H27N3O2. The third kappa shape index (κ3) is 3.13. The van der Waals surface area contributed by atoms with Crippen LogP contribution in [0.3, 0.4) is 0 Å². The van der Waals surface area contributed by atoms with E-state index < -0.39 is 0 Å². The summed E-state index contributed by atoms with van der Waals surface area (Å²) >= 11 is 0. The van der Waals surface area contributed by atoms with Gasteiger partial charge in [-0.15, -0.1) is 0 Å². The standard InChI is InChI=1S/C20H27N3O2/c1-24-18-11-5-7-14(19(18)25-2)13-23-12-6-10-17(23)20-21-15-8-3-4-9-16(15)22-20/h5,7,11,17H,3-4,6,8-10,12-13H2,1-2H3,(H,21,22)/t17-/m1/s1. The first-order valence-corrected chi connectivity index (χ1v) is 9.31. The number of benzene rings is 1. The minimum Gasteiger partial charge on any atom is -0.493 e. The predicted octanol–water partition coefficient (Wildman–Crippen LogP) is 3.64. The van der Waals surface area contributed by atoms with Crippen LogP contribution in [0, 0.1) is 0 Å². The van der Waals surface area contributed by atoms with Gasteiger partial charge in [-0.05, 0) is 51.1 Å². The Bertz CT molecular complexity index is 717. The Morgan fingerprint density at radius 3 is 2.84 bits per heavy atom. The summed E-state index contributed by atoms with van der Waals surface area (Å²) in [4.78, 5) is 11.1. The van der Waals surface area contributed by atoms with Gasteiger partial charge in [0.15, 0.2) is 11.5 Å². The third-order valence-corrected chi connectivity index (χ3v) is 5.51. The van der Waals surface area contributed by atoms with Gasteiger partial charge < -0.3 is 14.5 Å². The summed E-state index contributed by atoms with van der Waals surface area (Å²) in [5, 5.41) is 0. The number of aromatic amines is 1. The third-order valence-electron chi connectivity index (χ3n) is 5.51. The number of imidazole rings is 1. The lowest BCUT2D eigenvalue weighted by Gasteiger charge is -2.24. The second-order valence-corrected chi connectivity index (χ2v) is 7.04. The minimum absolute atomic E-state index is 0.376. The Hall–Kier alpha value is -2.01. The number of aromatic nitrogens is 2. The summed E-state index contributed by atoms with van der Waals surface area (Å²) in [7, 11) is 3.40. The van der Waals surface area contributed by atoms with Gasteiger partial charge in [0.25, 0.3) is 0 Å². The molecule has 5 heteroatoms. The summed E-state index contributed by atoms with van der Waals surface area (Å²) < 4.78 is 11.1. The zero-order valence-corrected chi connectivity index (χ0v) is 15.2. The Labute approximate surface area is 149 Å². The van der Waals surface area contributed by atoms with Crippen molar-refractivity contribution in [1.29, 1.82) is 0 Å². The first-order valence-electron chi connectivity index (χ1n) is 9.31. The number of hydrogen-bond acceptors (Lipinski definition) is 4. The van der Waals surface area contributed by atoms with Gasteiger partial charge in [0.2, 0.25) is 0 Å². The minimum atomic E-state index is 0.376. The van der Waals surface area contributed by atoms with E-state index in [4.69, 9.17) is 14.5 Å². The highest BCUT2D eigenvalue weighted by molar-refractivity contribution is 5.46. The summed E-state index contributed by atoms with van der Waals surface area (Å²) in [5.74, 6) is 2.80. The number of H-pyrrole nitrogens is 1. The molecule has 0 unspecified atom stereocenters. The van der Waals surface area contributed by atoms with Crippen LogP contribution in [0.5, 0.6) is 11.5 Å². The molecule has 2 aromatic rings. The van der Waals surface area contributed by atoms with Gasteiger partial charge in [-0.2, -0.15) is 0 Å². The fraction of sp³-hybridized carbons (Fsp3) is 0.550. The average Bonchev–Trinajstić information content (AvgIpc) is 3.27. The maximum atomic E-state index is 5.61. The lowest BCUT2D eigenvalue weighted by atomic mass is 10.0. The van der Waals surface area contributed by atoms with Gasteiger partial charge in [0.1, 0.15) is 5.82 Å². The zero-order chi connectivity index (χ0) is 17.2. The van der Waals surface area contributed by atoms with Crippen LogP contribution in [-0.4, -0.2) is 35.6 Å². The maximum absolute atomic E-state index is 5.61. The lowest BCUT2D eigenvalue weighted by molar-refractivity contribution is 0.235. The van der Waals surface area contributed by atoms with Crippen LogP contribution in [0.15, 0.2) is 18.2 Å². The first-order chi connectivity index (χ1) is 12.3. The predicted molar refractivity (Wildman–Crippen MR) is 97.2 cm³/mol. The number of para-hydroxylation sites is 1. The molecule has 0 spiro atoms. The number of fused-ring (bicyclic) bond motifs is 1. The molecule has 0 radical (unpaired) electrons. The van der Waals surface area contributed by atoms with Crippen molar-refractivity contribution in [2.24, 2.45) is 0 Å². The first kappa shape index (κ1) is 16.5. The number of ether oxygens (including phenoxy) is 2. The van der Waals surface area contributed by atoms with Crippen molar-refractivity contribution in [3.05, 3.63) is 41.0 Å². The van der Waals surface area contributed by atoms with E-state index >= 15 is 0 Å². The Kier molecular flexibility index (Phi) is 4.66. The van der Waals surface area contributed by atoms with Gasteiger partial charge in [-0.1, -0.05) is 12.1 Å². The van der Waals surface area contributed by atoms with E-state index in [-0.39, 0.29) is 0 Å². The van der Waals surface area contributed by atoms with Crippen LogP contribution in [0.1, 0.15) is 54.5 Å². The largest absolute Gasteiger partial charge is 0.493 e. The number of methoxy groups -OCH3 is 2. The van der Waals surface area contributed by atoms with Crippen LogP contribution in [0.25, 0.3) is 0 Å². The topological polar surface area (TPSA) is 50.4 Å². The summed E-state index contributed by atoms with van der Waals surface area (Å²) in [6.45, 7) is 1.95. The molecule has 0 bridgehead atoms. The molecule has 1 aliphatic heterocycles. The van der Waals surface area contributed by atoms with Crippen LogP contribution in [0.2, 0.25) is 0 Å². The molecule has 134 valence electrons. The molecule has 1 N–H and O–H groups in total. The molecule has 2 aliphatic rings. The van der Waals surface area contributed by atoms with E-state index in [1.54, 1.807) is 14.2 Å². The lowest BCUT2D eigenvalue weighted by Crippen LogP contribution is -2.24. The number of hydrogen-bond donors (Lipinski definition) is 1. The molecule has 4 rings (SSSR count). The van der Waals surface area contributed by atoms with Crippen molar-refractivity contribution in [3.8, 4) is 11.5 Å².